The first-order valence-electron chi connectivity index (χ1n) is 9.00. The third kappa shape index (κ3) is 5.85. The van der Waals surface area contributed by atoms with Crippen LogP contribution in [0.3, 0.4) is 0 Å². The largest absolute Gasteiger partial charge is 0.462 e. The Labute approximate surface area is 178 Å². The van der Waals surface area contributed by atoms with E-state index in [1.54, 1.807) is 24.3 Å². The lowest BCUT2D eigenvalue weighted by molar-refractivity contribution is 0.0459. The van der Waals surface area contributed by atoms with Crippen LogP contribution in [-0.2, 0) is 4.74 Å². The average Bonchev–Trinajstić information content (AvgIpc) is 2.71. The fourth-order valence-corrected chi connectivity index (χ4v) is 3.25. The van der Waals surface area contributed by atoms with Crippen LogP contribution in [0.4, 0.5) is 17.2 Å². The SMILES string of the molecule is CC(C)COC(=O)c1ccc(Nc2ncnc(Sc3ccc(Cl)cc3)c2N)cc1. The lowest BCUT2D eigenvalue weighted by Crippen LogP contribution is -2.10. The maximum atomic E-state index is 12.0. The normalized spacial score (nSPS) is 10.8. The molecule has 0 amide bonds. The molecule has 8 heteroatoms. The molecule has 2 aromatic carbocycles. The van der Waals surface area contributed by atoms with Gasteiger partial charge >= 0.3 is 5.97 Å². The quantitative estimate of drug-likeness (QED) is 0.383. The minimum Gasteiger partial charge on any atom is -0.462 e. The van der Waals surface area contributed by atoms with Gasteiger partial charge in [-0.3, -0.25) is 0 Å². The molecule has 0 bridgehead atoms. The maximum Gasteiger partial charge on any atom is 0.338 e. The minimum atomic E-state index is -0.339. The van der Waals surface area contributed by atoms with Crippen molar-refractivity contribution in [2.45, 2.75) is 23.8 Å². The molecule has 0 aliphatic rings. The molecule has 6 nitrogen and oxygen atoms in total. The summed E-state index contributed by atoms with van der Waals surface area (Å²) in [6.45, 7) is 4.38. The number of nitrogen functional groups attached to an aromatic ring is 1. The molecule has 29 heavy (non-hydrogen) atoms. The van der Waals surface area contributed by atoms with E-state index in [1.165, 1.54) is 18.1 Å². The van der Waals surface area contributed by atoms with Crippen LogP contribution in [0.2, 0.25) is 5.02 Å². The van der Waals surface area contributed by atoms with Crippen LogP contribution in [0.1, 0.15) is 24.2 Å². The summed E-state index contributed by atoms with van der Waals surface area (Å²) >= 11 is 7.35. The van der Waals surface area contributed by atoms with Gasteiger partial charge in [0.1, 0.15) is 17.0 Å². The number of hydrogen-bond acceptors (Lipinski definition) is 7. The number of rotatable bonds is 7. The Morgan fingerprint density at radius 1 is 1.14 bits per heavy atom. The molecule has 1 aromatic heterocycles. The summed E-state index contributed by atoms with van der Waals surface area (Å²) in [5.74, 6) is 0.445. The van der Waals surface area contributed by atoms with Gasteiger partial charge in [0.05, 0.1) is 12.2 Å². The van der Waals surface area contributed by atoms with Gasteiger partial charge in [0.15, 0.2) is 5.82 Å². The number of carbonyl (C=O) groups excluding carboxylic acids is 1. The molecular weight excluding hydrogens is 408 g/mol. The highest BCUT2D eigenvalue weighted by atomic mass is 35.5. The molecule has 0 atom stereocenters. The fourth-order valence-electron chi connectivity index (χ4n) is 2.33. The highest BCUT2D eigenvalue weighted by Gasteiger charge is 2.12. The Bertz CT molecular complexity index is 979. The predicted octanol–water partition coefficient (Wildman–Crippen LogP) is 5.42. The Balaban J connectivity index is 1.70. The Kier molecular flexibility index (Phi) is 6.95. The summed E-state index contributed by atoms with van der Waals surface area (Å²) < 4.78 is 5.24. The molecule has 0 aliphatic heterocycles. The number of halogens is 1. The molecule has 150 valence electrons. The molecule has 0 spiro atoms. The summed E-state index contributed by atoms with van der Waals surface area (Å²) in [5.41, 5.74) is 7.92. The van der Waals surface area contributed by atoms with Crippen LogP contribution in [0.15, 0.2) is 64.8 Å². The molecule has 0 fully saturated rings. The number of nitrogens with one attached hydrogen (secondary N) is 1. The van der Waals surface area contributed by atoms with Crippen LogP contribution >= 0.6 is 23.4 Å². The molecule has 0 unspecified atom stereocenters. The minimum absolute atomic E-state index is 0.292. The van der Waals surface area contributed by atoms with Crippen molar-refractivity contribution in [3.05, 3.63) is 65.4 Å². The van der Waals surface area contributed by atoms with Crippen molar-refractivity contribution in [2.24, 2.45) is 5.92 Å². The summed E-state index contributed by atoms with van der Waals surface area (Å²) in [6.07, 6.45) is 1.45. The van der Waals surface area contributed by atoms with E-state index in [1.807, 2.05) is 38.1 Å². The number of nitrogens with two attached hydrogens (primary N) is 1. The zero-order valence-corrected chi connectivity index (χ0v) is 17.6. The third-order valence-electron chi connectivity index (χ3n) is 3.81. The van der Waals surface area contributed by atoms with E-state index in [-0.39, 0.29) is 5.97 Å². The van der Waals surface area contributed by atoms with Gasteiger partial charge in [0.2, 0.25) is 0 Å². The van der Waals surface area contributed by atoms with E-state index >= 15 is 0 Å². The summed E-state index contributed by atoms with van der Waals surface area (Å²) in [6, 6.07) is 14.4. The van der Waals surface area contributed by atoms with Crippen molar-refractivity contribution in [3.8, 4) is 0 Å². The first-order valence-corrected chi connectivity index (χ1v) is 10.2. The Morgan fingerprint density at radius 2 is 1.83 bits per heavy atom. The van der Waals surface area contributed by atoms with Crippen molar-refractivity contribution < 1.29 is 9.53 Å². The highest BCUT2D eigenvalue weighted by molar-refractivity contribution is 7.99. The number of carbonyl (C=O) groups is 1. The van der Waals surface area contributed by atoms with Crippen molar-refractivity contribution in [1.82, 2.24) is 9.97 Å². The zero-order valence-electron chi connectivity index (χ0n) is 16.1. The van der Waals surface area contributed by atoms with Crippen molar-refractivity contribution >= 4 is 46.5 Å². The molecule has 3 N–H and O–H groups in total. The number of nitrogens with zero attached hydrogens (tertiary/aromatic N) is 2. The highest BCUT2D eigenvalue weighted by Crippen LogP contribution is 2.34. The van der Waals surface area contributed by atoms with Crippen molar-refractivity contribution in [1.29, 1.82) is 0 Å². The van der Waals surface area contributed by atoms with Gasteiger partial charge in [0, 0.05) is 15.6 Å². The number of benzene rings is 2. The topological polar surface area (TPSA) is 90.1 Å². The van der Waals surface area contributed by atoms with Crippen LogP contribution in [0.25, 0.3) is 0 Å². The van der Waals surface area contributed by atoms with Gasteiger partial charge in [0.25, 0.3) is 0 Å². The lowest BCUT2D eigenvalue weighted by Gasteiger charge is -2.11. The summed E-state index contributed by atoms with van der Waals surface area (Å²) in [4.78, 5) is 21.5. The van der Waals surface area contributed by atoms with Gasteiger partial charge in [-0.05, 0) is 54.4 Å². The number of anilines is 3. The Morgan fingerprint density at radius 3 is 2.48 bits per heavy atom. The van der Waals surface area contributed by atoms with E-state index in [9.17, 15) is 4.79 Å². The van der Waals surface area contributed by atoms with Gasteiger partial charge in [-0.1, -0.05) is 37.2 Å². The molecule has 3 rings (SSSR count). The monoisotopic (exact) mass is 428 g/mol. The van der Waals surface area contributed by atoms with E-state index < -0.39 is 0 Å². The first kappa shape index (κ1) is 21.0. The number of aromatic nitrogens is 2. The third-order valence-corrected chi connectivity index (χ3v) is 5.09. The maximum absolute atomic E-state index is 12.0. The van der Waals surface area contributed by atoms with E-state index in [4.69, 9.17) is 22.1 Å². The van der Waals surface area contributed by atoms with E-state index in [0.29, 0.717) is 39.6 Å². The second-order valence-corrected chi connectivity index (χ2v) is 8.19. The number of esters is 1. The van der Waals surface area contributed by atoms with Crippen molar-refractivity contribution in [2.75, 3.05) is 17.7 Å². The summed E-state index contributed by atoms with van der Waals surface area (Å²) in [7, 11) is 0. The zero-order chi connectivity index (χ0) is 20.8. The fraction of sp³-hybridized carbons (Fsp3) is 0.190. The molecule has 0 aliphatic carbocycles. The molecule has 0 radical (unpaired) electrons. The van der Waals surface area contributed by atoms with E-state index in [0.717, 1.165) is 10.6 Å². The molecule has 3 aromatic rings. The second-order valence-electron chi connectivity index (χ2n) is 6.69. The second kappa shape index (κ2) is 9.62. The van der Waals surface area contributed by atoms with Crippen LogP contribution in [-0.4, -0.2) is 22.5 Å². The predicted molar refractivity (Wildman–Crippen MR) is 117 cm³/mol. The smallest absolute Gasteiger partial charge is 0.338 e. The molecule has 0 saturated heterocycles. The van der Waals surface area contributed by atoms with Crippen LogP contribution in [0, 0.1) is 5.92 Å². The number of ether oxygens (including phenoxy) is 1. The van der Waals surface area contributed by atoms with Gasteiger partial charge in [-0.25, -0.2) is 14.8 Å². The summed E-state index contributed by atoms with van der Waals surface area (Å²) in [5, 5.41) is 4.47. The van der Waals surface area contributed by atoms with Crippen LogP contribution in [0.5, 0.6) is 0 Å². The number of hydrogen-bond donors (Lipinski definition) is 2. The Hall–Kier alpha value is -2.77. The van der Waals surface area contributed by atoms with Gasteiger partial charge in [-0.2, -0.15) is 0 Å². The standard InChI is InChI=1S/C21H21ClN4O2S/c1-13(2)11-28-21(27)14-3-7-16(8-4-14)26-19-18(23)20(25-12-24-19)29-17-9-5-15(22)6-10-17/h3-10,12-13H,11,23H2,1-2H3,(H,24,25,26). The molecular formula is C21H21ClN4O2S. The lowest BCUT2D eigenvalue weighted by atomic mass is 10.2. The van der Waals surface area contributed by atoms with Gasteiger partial charge < -0.3 is 15.8 Å². The van der Waals surface area contributed by atoms with E-state index in [2.05, 4.69) is 15.3 Å². The molecule has 0 saturated carbocycles. The first-order chi connectivity index (χ1) is 13.9. The van der Waals surface area contributed by atoms with Crippen LogP contribution < -0.4 is 11.1 Å². The van der Waals surface area contributed by atoms with Crippen molar-refractivity contribution in [3.63, 3.8) is 0 Å². The molecule has 1 heterocycles. The average molecular weight is 429 g/mol. The van der Waals surface area contributed by atoms with Gasteiger partial charge in [-0.15, -0.1) is 0 Å².